The number of hydrogen-bond donors (Lipinski definition) is 3. The summed E-state index contributed by atoms with van der Waals surface area (Å²) in [5, 5.41) is 7.33. The summed E-state index contributed by atoms with van der Waals surface area (Å²) in [6.45, 7) is 0. The lowest BCUT2D eigenvalue weighted by molar-refractivity contribution is 0.744. The van der Waals surface area contributed by atoms with Crippen LogP contribution in [0.3, 0.4) is 0 Å². The molecule has 1 fully saturated rings. The Morgan fingerprint density at radius 3 is 2.75 bits per heavy atom. The van der Waals surface area contributed by atoms with Crippen LogP contribution in [-0.2, 0) is 0 Å². The maximum Gasteiger partial charge on any atom is 0.271 e. The molecule has 3 rings (SSSR count). The molecule has 82 valence electrons. The van der Waals surface area contributed by atoms with Crippen molar-refractivity contribution in [2.75, 3.05) is 0 Å². The van der Waals surface area contributed by atoms with Crippen molar-refractivity contribution in [1.82, 2.24) is 15.2 Å². The number of aromatic nitrogens is 3. The average molecular weight is 215 g/mol. The summed E-state index contributed by atoms with van der Waals surface area (Å²) in [5.74, 6) is 0. The molecule has 0 spiro atoms. The normalized spacial score (nSPS) is 16.5. The minimum atomic E-state index is -0.0519. The van der Waals surface area contributed by atoms with E-state index in [2.05, 4.69) is 15.2 Å². The van der Waals surface area contributed by atoms with Gasteiger partial charge in [-0.25, -0.2) is 0 Å². The van der Waals surface area contributed by atoms with Crippen molar-refractivity contribution >= 4 is 11.6 Å². The van der Waals surface area contributed by atoms with E-state index < -0.39 is 0 Å². The van der Waals surface area contributed by atoms with Crippen molar-refractivity contribution in [1.29, 1.82) is 0 Å². The summed E-state index contributed by atoms with van der Waals surface area (Å²) in [5.41, 5.74) is 2.24. The fraction of sp³-hybridized carbons (Fsp3) is 0.250. The molecule has 2 aromatic rings. The van der Waals surface area contributed by atoms with E-state index in [1.165, 1.54) is 12.0 Å². The highest BCUT2D eigenvalue weighted by Crippen LogP contribution is 2.24. The van der Waals surface area contributed by atoms with Crippen LogP contribution >= 0.6 is 0 Å². The highest BCUT2D eigenvalue weighted by molar-refractivity contribution is 5.52. The molecule has 0 radical (unpaired) electrons. The smallest absolute Gasteiger partial charge is 0.271 e. The first-order valence-electron chi connectivity index (χ1n) is 5.48. The third kappa shape index (κ3) is 1.43. The molecule has 4 heteroatoms. The molecule has 1 aliphatic carbocycles. The second-order valence-electron chi connectivity index (χ2n) is 4.09. The standard InChI is InChI=1S/C12H13N3O/c16-12-10(7-9-5-2-6-13-9)11(14-15-12)8-3-1-4-8/h2,5-7,13-14H,1,3-4H2,(H,15,16). The monoisotopic (exact) mass is 215 g/mol. The van der Waals surface area contributed by atoms with Gasteiger partial charge in [0.05, 0.1) is 10.6 Å². The molecule has 3 N–H and O–H groups in total. The summed E-state index contributed by atoms with van der Waals surface area (Å²) < 4.78 is 0. The first kappa shape index (κ1) is 9.27. The van der Waals surface area contributed by atoms with Gasteiger partial charge in [-0.05, 0) is 43.0 Å². The van der Waals surface area contributed by atoms with E-state index in [0.717, 1.165) is 29.1 Å². The van der Waals surface area contributed by atoms with Crippen LogP contribution in [0.25, 0.3) is 11.6 Å². The first-order valence-corrected chi connectivity index (χ1v) is 5.48. The van der Waals surface area contributed by atoms with Gasteiger partial charge < -0.3 is 4.98 Å². The van der Waals surface area contributed by atoms with Crippen LogP contribution in [-0.4, -0.2) is 15.2 Å². The lowest BCUT2D eigenvalue weighted by Gasteiger charge is -2.14. The number of hydrogen-bond acceptors (Lipinski definition) is 1. The molecule has 0 atom stereocenters. The Balaban J connectivity index is 2.28. The van der Waals surface area contributed by atoms with Crippen molar-refractivity contribution in [3.63, 3.8) is 0 Å². The maximum absolute atomic E-state index is 11.7. The molecule has 16 heavy (non-hydrogen) atoms. The highest BCUT2D eigenvalue weighted by atomic mass is 16.1. The van der Waals surface area contributed by atoms with Gasteiger partial charge in [0.25, 0.3) is 5.56 Å². The molecule has 0 amide bonds. The highest BCUT2D eigenvalue weighted by Gasteiger charge is 2.11. The van der Waals surface area contributed by atoms with Gasteiger partial charge in [0.1, 0.15) is 0 Å². The van der Waals surface area contributed by atoms with E-state index in [0.29, 0.717) is 0 Å². The van der Waals surface area contributed by atoms with Crippen LogP contribution in [0.2, 0.25) is 0 Å². The summed E-state index contributed by atoms with van der Waals surface area (Å²) >= 11 is 0. The Morgan fingerprint density at radius 2 is 2.12 bits per heavy atom. The zero-order valence-electron chi connectivity index (χ0n) is 8.84. The van der Waals surface area contributed by atoms with E-state index in [1.807, 2.05) is 24.4 Å². The van der Waals surface area contributed by atoms with E-state index in [9.17, 15) is 4.79 Å². The van der Waals surface area contributed by atoms with Crippen LogP contribution in [0.5, 0.6) is 0 Å². The fourth-order valence-electron chi connectivity index (χ4n) is 1.98. The van der Waals surface area contributed by atoms with Gasteiger partial charge in [0.15, 0.2) is 0 Å². The third-order valence-corrected chi connectivity index (χ3v) is 3.05. The predicted molar refractivity (Wildman–Crippen MR) is 62.3 cm³/mol. The quantitative estimate of drug-likeness (QED) is 0.625. The van der Waals surface area contributed by atoms with Gasteiger partial charge in [-0.2, -0.15) is 0 Å². The fourth-order valence-corrected chi connectivity index (χ4v) is 1.98. The van der Waals surface area contributed by atoms with Crippen molar-refractivity contribution in [2.45, 2.75) is 19.3 Å². The minimum Gasteiger partial charge on any atom is -0.362 e. The van der Waals surface area contributed by atoms with Gasteiger partial charge in [-0.1, -0.05) is 0 Å². The molecular weight excluding hydrogens is 202 g/mol. The van der Waals surface area contributed by atoms with Crippen molar-refractivity contribution in [2.24, 2.45) is 0 Å². The van der Waals surface area contributed by atoms with Crippen LogP contribution in [0.15, 0.2) is 23.1 Å². The van der Waals surface area contributed by atoms with Crippen LogP contribution < -0.4 is 16.1 Å². The lowest BCUT2D eigenvalue weighted by Crippen LogP contribution is -2.36. The molecule has 0 aliphatic heterocycles. The minimum absolute atomic E-state index is 0.0519. The third-order valence-electron chi connectivity index (χ3n) is 3.05. The van der Waals surface area contributed by atoms with Gasteiger partial charge in [-0.15, -0.1) is 0 Å². The van der Waals surface area contributed by atoms with Gasteiger partial charge in [0, 0.05) is 11.9 Å². The Morgan fingerprint density at radius 1 is 1.25 bits per heavy atom. The molecule has 0 saturated heterocycles. The van der Waals surface area contributed by atoms with E-state index in [1.54, 1.807) is 0 Å². The molecule has 0 aromatic carbocycles. The largest absolute Gasteiger partial charge is 0.362 e. The lowest BCUT2D eigenvalue weighted by atomic mass is 9.92. The van der Waals surface area contributed by atoms with Crippen molar-refractivity contribution < 1.29 is 0 Å². The summed E-state index contributed by atoms with van der Waals surface area (Å²) in [6.07, 6.45) is 7.15. The van der Waals surface area contributed by atoms with Crippen molar-refractivity contribution in [3.05, 3.63) is 44.9 Å². The predicted octanol–water partition coefficient (Wildman–Crippen LogP) is 0.194. The molecule has 0 unspecified atom stereocenters. The van der Waals surface area contributed by atoms with E-state index >= 15 is 0 Å². The van der Waals surface area contributed by atoms with Gasteiger partial charge in [-0.3, -0.25) is 15.0 Å². The molecule has 0 bridgehead atoms. The Labute approximate surface area is 91.7 Å². The number of rotatable bonds is 1. The molecule has 1 saturated carbocycles. The van der Waals surface area contributed by atoms with Gasteiger partial charge >= 0.3 is 0 Å². The SMILES string of the molecule is O=c1[nH][nH]c(=C2CCC2)c1=Cc1ccc[nH]1. The molecule has 2 aromatic heterocycles. The molecule has 4 nitrogen and oxygen atoms in total. The topological polar surface area (TPSA) is 64.4 Å². The summed E-state index contributed by atoms with van der Waals surface area (Å²) in [7, 11) is 0. The average Bonchev–Trinajstić information content (AvgIpc) is 2.80. The van der Waals surface area contributed by atoms with E-state index in [4.69, 9.17) is 0 Å². The number of H-pyrrole nitrogens is 3. The van der Waals surface area contributed by atoms with Crippen LogP contribution in [0.1, 0.15) is 25.0 Å². The second-order valence-corrected chi connectivity index (χ2v) is 4.09. The Hall–Kier alpha value is -1.97. The summed E-state index contributed by atoms with van der Waals surface area (Å²) in [6, 6.07) is 3.87. The number of nitrogens with one attached hydrogen (secondary N) is 3. The van der Waals surface area contributed by atoms with Gasteiger partial charge in [0.2, 0.25) is 0 Å². The van der Waals surface area contributed by atoms with Crippen molar-refractivity contribution in [3.8, 4) is 0 Å². The summed E-state index contributed by atoms with van der Waals surface area (Å²) in [4.78, 5) is 14.7. The zero-order chi connectivity index (χ0) is 11.0. The van der Waals surface area contributed by atoms with Crippen LogP contribution in [0, 0.1) is 0 Å². The molecular formula is C12H13N3O. The van der Waals surface area contributed by atoms with Crippen LogP contribution in [0.4, 0.5) is 0 Å². The molecule has 2 heterocycles. The first-order chi connectivity index (χ1) is 7.84. The zero-order valence-corrected chi connectivity index (χ0v) is 8.84. The second kappa shape index (κ2) is 3.56. The Bertz CT molecular complexity index is 652. The maximum atomic E-state index is 11.7. The van der Waals surface area contributed by atoms with E-state index in [-0.39, 0.29) is 5.56 Å². The Kier molecular flexibility index (Phi) is 2.06. The molecule has 1 aliphatic rings. The number of aromatic amines is 3.